The third-order valence-electron chi connectivity index (χ3n) is 4.67. The summed E-state index contributed by atoms with van der Waals surface area (Å²) in [6, 6.07) is 1.54. The van der Waals surface area contributed by atoms with Gasteiger partial charge < -0.3 is 10.1 Å². The van der Waals surface area contributed by atoms with Gasteiger partial charge in [-0.3, -0.25) is 14.9 Å². The van der Waals surface area contributed by atoms with Gasteiger partial charge in [-0.05, 0) is 31.0 Å². The van der Waals surface area contributed by atoms with E-state index in [9.17, 15) is 36.0 Å². The number of nitrogens with one attached hydrogen (secondary N) is 2. The number of urea groups is 1. The molecule has 0 atom stereocenters. The summed E-state index contributed by atoms with van der Waals surface area (Å²) < 4.78 is 70.5. The Morgan fingerprint density at radius 1 is 1.24 bits per heavy atom. The monoisotopic (exact) mass is 511 g/mol. The molecule has 0 radical (unpaired) electrons. The van der Waals surface area contributed by atoms with Gasteiger partial charge in [-0.25, -0.2) is 13.2 Å². The zero-order valence-corrected chi connectivity index (χ0v) is 18.7. The molecule has 1 heterocycles. The van der Waals surface area contributed by atoms with Crippen LogP contribution < -0.4 is 10.6 Å². The van der Waals surface area contributed by atoms with Gasteiger partial charge in [0.2, 0.25) is 10.0 Å². The highest BCUT2D eigenvalue weighted by molar-refractivity contribution is 7.89. The zero-order chi connectivity index (χ0) is 24.8. The van der Waals surface area contributed by atoms with Crippen molar-refractivity contribution in [2.24, 2.45) is 5.92 Å². The fourth-order valence-corrected chi connectivity index (χ4v) is 4.71. The highest BCUT2D eigenvalue weighted by atomic mass is 35.5. The van der Waals surface area contributed by atoms with Gasteiger partial charge in [-0.1, -0.05) is 17.7 Å². The number of hydrogen-bond donors (Lipinski definition) is 2. The Bertz CT molecular complexity index is 1020. The standard InChI is InChI=1S/C19H21ClF3N3O6S/c1-2-7-24-18(29)25-16(27)11-32-17(28)12-5-8-26(9-6-12)33(30,31)13-3-4-15(20)14(10-13)19(21,22)23/h2-4,10,12H,1,5-9,11H2,(H2,24,25,27,29). The second-order valence-corrected chi connectivity index (χ2v) is 9.32. The first-order chi connectivity index (χ1) is 15.4. The molecule has 2 rings (SSSR count). The molecule has 14 heteroatoms. The van der Waals surface area contributed by atoms with Crippen LogP contribution in [0.25, 0.3) is 0 Å². The molecule has 3 amide bonds. The normalized spacial score (nSPS) is 15.5. The van der Waals surface area contributed by atoms with Gasteiger partial charge in [-0.2, -0.15) is 17.5 Å². The first-order valence-corrected chi connectivity index (χ1v) is 11.4. The predicted molar refractivity (Wildman–Crippen MR) is 111 cm³/mol. The van der Waals surface area contributed by atoms with Crippen LogP contribution in [0.3, 0.4) is 0 Å². The van der Waals surface area contributed by atoms with E-state index in [1.54, 1.807) is 0 Å². The van der Waals surface area contributed by atoms with E-state index >= 15 is 0 Å². The number of piperidine rings is 1. The summed E-state index contributed by atoms with van der Waals surface area (Å²) in [4.78, 5) is 34.5. The number of carbonyl (C=O) groups is 3. The number of imide groups is 1. The van der Waals surface area contributed by atoms with E-state index in [1.165, 1.54) is 6.08 Å². The second kappa shape index (κ2) is 11.0. The molecule has 1 aromatic carbocycles. The second-order valence-electron chi connectivity index (χ2n) is 6.97. The van der Waals surface area contributed by atoms with Crippen molar-refractivity contribution in [2.75, 3.05) is 26.2 Å². The van der Waals surface area contributed by atoms with Crippen molar-refractivity contribution in [3.8, 4) is 0 Å². The van der Waals surface area contributed by atoms with Crippen LogP contribution in [0.1, 0.15) is 18.4 Å². The largest absolute Gasteiger partial charge is 0.455 e. The van der Waals surface area contributed by atoms with Gasteiger partial charge >= 0.3 is 18.2 Å². The predicted octanol–water partition coefficient (Wildman–Crippen LogP) is 2.31. The van der Waals surface area contributed by atoms with E-state index in [2.05, 4.69) is 11.9 Å². The number of carbonyl (C=O) groups excluding carboxylic acids is 3. The smallest absolute Gasteiger partial charge is 0.417 e. The van der Waals surface area contributed by atoms with E-state index in [4.69, 9.17) is 16.3 Å². The first kappa shape index (κ1) is 26.6. The number of sulfonamides is 1. The molecule has 9 nitrogen and oxygen atoms in total. The Kier molecular flexibility index (Phi) is 8.86. The topological polar surface area (TPSA) is 122 Å². The van der Waals surface area contributed by atoms with Crippen LogP contribution in [0, 0.1) is 5.92 Å². The Morgan fingerprint density at radius 2 is 1.88 bits per heavy atom. The van der Waals surface area contributed by atoms with Crippen molar-refractivity contribution in [2.45, 2.75) is 23.9 Å². The minimum Gasteiger partial charge on any atom is -0.455 e. The van der Waals surface area contributed by atoms with E-state index < -0.39 is 62.1 Å². The molecule has 1 aliphatic rings. The van der Waals surface area contributed by atoms with Crippen molar-refractivity contribution in [1.82, 2.24) is 14.9 Å². The van der Waals surface area contributed by atoms with Gasteiger partial charge in [0.25, 0.3) is 5.91 Å². The molecular weight excluding hydrogens is 491 g/mol. The summed E-state index contributed by atoms with van der Waals surface area (Å²) in [5.41, 5.74) is -1.26. The number of alkyl halides is 3. The summed E-state index contributed by atoms with van der Waals surface area (Å²) in [7, 11) is -4.25. The molecule has 2 N–H and O–H groups in total. The van der Waals surface area contributed by atoms with Crippen LogP contribution in [0.5, 0.6) is 0 Å². The third kappa shape index (κ3) is 7.17. The maximum absolute atomic E-state index is 13.1. The molecule has 0 unspecified atom stereocenters. The lowest BCUT2D eigenvalue weighted by atomic mass is 9.98. The molecular formula is C19H21ClF3N3O6S. The maximum Gasteiger partial charge on any atom is 0.417 e. The molecule has 0 spiro atoms. The van der Waals surface area contributed by atoms with E-state index in [0.717, 1.165) is 16.4 Å². The van der Waals surface area contributed by atoms with Crippen LogP contribution in [0.4, 0.5) is 18.0 Å². The average Bonchev–Trinajstić information content (AvgIpc) is 2.75. The summed E-state index contributed by atoms with van der Waals surface area (Å²) >= 11 is 5.54. The maximum atomic E-state index is 13.1. The average molecular weight is 512 g/mol. The number of nitrogens with zero attached hydrogens (tertiary/aromatic N) is 1. The molecule has 1 aromatic rings. The summed E-state index contributed by atoms with van der Waals surface area (Å²) in [6.07, 6.45) is -3.34. The number of benzene rings is 1. The van der Waals surface area contributed by atoms with Crippen molar-refractivity contribution < 1.29 is 40.7 Å². The third-order valence-corrected chi connectivity index (χ3v) is 6.90. The fourth-order valence-electron chi connectivity index (χ4n) is 2.99. The number of hydrogen-bond acceptors (Lipinski definition) is 6. The van der Waals surface area contributed by atoms with Crippen molar-refractivity contribution in [3.63, 3.8) is 0 Å². The summed E-state index contributed by atoms with van der Waals surface area (Å²) in [5.74, 6) is -2.32. The van der Waals surface area contributed by atoms with E-state index in [-0.39, 0.29) is 32.5 Å². The highest BCUT2D eigenvalue weighted by Crippen LogP contribution is 2.36. The van der Waals surface area contributed by atoms with Crippen LogP contribution in [0.15, 0.2) is 35.7 Å². The van der Waals surface area contributed by atoms with Crippen LogP contribution in [0.2, 0.25) is 5.02 Å². The number of halogens is 4. The quantitative estimate of drug-likeness (QED) is 0.428. The molecule has 1 aliphatic heterocycles. The Morgan fingerprint density at radius 3 is 2.45 bits per heavy atom. The summed E-state index contributed by atoms with van der Waals surface area (Å²) in [6.45, 7) is 2.54. The SMILES string of the molecule is C=CCNC(=O)NC(=O)COC(=O)C1CCN(S(=O)(=O)c2ccc(Cl)c(C(F)(F)F)c2)CC1. The molecule has 0 aliphatic carbocycles. The lowest BCUT2D eigenvalue weighted by Gasteiger charge is -2.30. The van der Waals surface area contributed by atoms with Gasteiger partial charge in [0.15, 0.2) is 6.61 Å². The lowest BCUT2D eigenvalue weighted by molar-refractivity contribution is -0.153. The van der Waals surface area contributed by atoms with E-state index in [0.29, 0.717) is 6.07 Å². The lowest BCUT2D eigenvalue weighted by Crippen LogP contribution is -2.43. The molecule has 33 heavy (non-hydrogen) atoms. The van der Waals surface area contributed by atoms with Crippen molar-refractivity contribution in [3.05, 3.63) is 41.4 Å². The fraction of sp³-hybridized carbons (Fsp3) is 0.421. The minimum absolute atomic E-state index is 0.0409. The van der Waals surface area contributed by atoms with Gasteiger partial charge in [0.1, 0.15) is 0 Å². The van der Waals surface area contributed by atoms with Gasteiger partial charge in [-0.15, -0.1) is 6.58 Å². The first-order valence-electron chi connectivity index (χ1n) is 9.58. The Hall–Kier alpha value is -2.64. The van der Waals surface area contributed by atoms with Crippen molar-refractivity contribution >= 4 is 39.5 Å². The van der Waals surface area contributed by atoms with Gasteiger partial charge in [0, 0.05) is 19.6 Å². The summed E-state index contributed by atoms with van der Waals surface area (Å²) in [5, 5.41) is 3.63. The molecule has 1 fully saturated rings. The highest BCUT2D eigenvalue weighted by Gasteiger charge is 2.37. The molecule has 0 saturated carbocycles. The molecule has 0 aromatic heterocycles. The zero-order valence-electron chi connectivity index (χ0n) is 17.2. The number of ether oxygens (including phenoxy) is 1. The minimum atomic E-state index is -4.82. The molecule has 1 saturated heterocycles. The van der Waals surface area contributed by atoms with Crippen LogP contribution in [-0.2, 0) is 30.5 Å². The van der Waals surface area contributed by atoms with Gasteiger partial charge in [0.05, 0.1) is 21.4 Å². The number of amides is 3. The van der Waals surface area contributed by atoms with Crippen LogP contribution in [-0.4, -0.2) is 56.9 Å². The Balaban J connectivity index is 1.92. The van der Waals surface area contributed by atoms with Crippen LogP contribution >= 0.6 is 11.6 Å². The van der Waals surface area contributed by atoms with Crippen molar-refractivity contribution in [1.29, 1.82) is 0 Å². The number of esters is 1. The molecule has 182 valence electrons. The van der Waals surface area contributed by atoms with E-state index in [1.807, 2.05) is 5.32 Å². The molecule has 0 bridgehead atoms. The number of rotatable bonds is 7. The Labute approximate surface area is 192 Å².